The van der Waals surface area contributed by atoms with Gasteiger partial charge >= 0.3 is 6.03 Å². The lowest BCUT2D eigenvalue weighted by atomic mass is 10.1. The summed E-state index contributed by atoms with van der Waals surface area (Å²) in [6.07, 6.45) is 0.185. The molecule has 162 valence electrons. The van der Waals surface area contributed by atoms with Gasteiger partial charge in [-0.2, -0.15) is 0 Å². The third-order valence-electron chi connectivity index (χ3n) is 5.38. The maximum atomic E-state index is 13.5. The number of furan rings is 1. The van der Waals surface area contributed by atoms with Gasteiger partial charge in [-0.25, -0.2) is 9.18 Å². The molecule has 1 aromatic carbocycles. The topological polar surface area (TPSA) is 94.9 Å². The van der Waals surface area contributed by atoms with Crippen LogP contribution in [0.5, 0.6) is 0 Å². The van der Waals surface area contributed by atoms with Crippen molar-refractivity contribution in [2.75, 3.05) is 32.7 Å². The van der Waals surface area contributed by atoms with Gasteiger partial charge in [-0.1, -0.05) is 0 Å². The lowest BCUT2D eigenvalue weighted by Crippen LogP contribution is -2.50. The Hall–Kier alpha value is -3.10. The van der Waals surface area contributed by atoms with Crippen LogP contribution in [-0.4, -0.2) is 60.4 Å². The molecule has 2 heterocycles. The molecule has 0 radical (unpaired) electrons. The van der Waals surface area contributed by atoms with Gasteiger partial charge in [-0.3, -0.25) is 9.59 Å². The first kappa shape index (κ1) is 21.6. The number of benzene rings is 1. The summed E-state index contributed by atoms with van der Waals surface area (Å²) in [7, 11) is 0. The highest BCUT2D eigenvalue weighted by Gasteiger charge is 2.22. The number of nitrogens with zero attached hydrogens (tertiary/aromatic N) is 2. The first-order chi connectivity index (χ1) is 14.3. The molecule has 1 aliphatic rings. The molecule has 1 saturated heterocycles. The summed E-state index contributed by atoms with van der Waals surface area (Å²) < 4.78 is 19.2. The van der Waals surface area contributed by atoms with Crippen LogP contribution in [-0.2, 0) is 9.59 Å². The molecule has 2 aromatic rings. The van der Waals surface area contributed by atoms with Crippen molar-refractivity contribution in [3.05, 3.63) is 35.3 Å². The van der Waals surface area contributed by atoms with E-state index in [1.54, 1.807) is 22.8 Å². The first-order valence-electron chi connectivity index (χ1n) is 10.0. The number of carbonyl (C=O) groups is 3. The molecule has 2 N–H and O–H groups in total. The van der Waals surface area contributed by atoms with Crippen molar-refractivity contribution in [1.82, 2.24) is 20.4 Å². The maximum absolute atomic E-state index is 13.5. The van der Waals surface area contributed by atoms with Gasteiger partial charge in [0, 0.05) is 57.0 Å². The monoisotopic (exact) mass is 418 g/mol. The van der Waals surface area contributed by atoms with Gasteiger partial charge in [0.1, 0.15) is 17.2 Å². The average molecular weight is 418 g/mol. The summed E-state index contributed by atoms with van der Waals surface area (Å²) in [6.45, 7) is 7.41. The van der Waals surface area contributed by atoms with Crippen LogP contribution in [0.15, 0.2) is 22.6 Å². The highest BCUT2D eigenvalue weighted by Crippen LogP contribution is 2.29. The van der Waals surface area contributed by atoms with E-state index in [2.05, 4.69) is 10.6 Å². The summed E-state index contributed by atoms with van der Waals surface area (Å²) in [5.41, 5.74) is 1.34. The Morgan fingerprint density at radius 2 is 1.83 bits per heavy atom. The molecule has 4 amide bonds. The number of fused-ring (bicyclic) bond motifs is 1. The Kier molecular flexibility index (Phi) is 6.59. The van der Waals surface area contributed by atoms with E-state index in [1.165, 1.54) is 19.1 Å². The van der Waals surface area contributed by atoms with E-state index in [9.17, 15) is 18.8 Å². The number of urea groups is 1. The van der Waals surface area contributed by atoms with Gasteiger partial charge < -0.3 is 24.9 Å². The molecule has 1 aliphatic heterocycles. The summed E-state index contributed by atoms with van der Waals surface area (Å²) in [6, 6.07) is 3.47. The Labute approximate surface area is 174 Å². The van der Waals surface area contributed by atoms with Crippen molar-refractivity contribution in [3.63, 3.8) is 0 Å². The molecule has 1 unspecified atom stereocenters. The van der Waals surface area contributed by atoms with Gasteiger partial charge in [-0.05, 0) is 32.0 Å². The fourth-order valence-electron chi connectivity index (χ4n) is 3.65. The van der Waals surface area contributed by atoms with Crippen LogP contribution in [0, 0.1) is 12.7 Å². The van der Waals surface area contributed by atoms with Crippen molar-refractivity contribution in [3.8, 4) is 0 Å². The number of aryl methyl sites for hydroxylation is 1. The second-order valence-electron chi connectivity index (χ2n) is 7.49. The van der Waals surface area contributed by atoms with Crippen LogP contribution in [0.4, 0.5) is 9.18 Å². The van der Waals surface area contributed by atoms with Crippen molar-refractivity contribution < 1.29 is 23.2 Å². The predicted octanol–water partition coefficient (Wildman–Crippen LogP) is 2.32. The van der Waals surface area contributed by atoms with Crippen molar-refractivity contribution in [2.24, 2.45) is 0 Å². The molecule has 1 aromatic heterocycles. The fraction of sp³-hybridized carbons (Fsp3) is 0.476. The number of halogens is 1. The molecular formula is C21H27FN4O4. The van der Waals surface area contributed by atoms with E-state index >= 15 is 0 Å². The third kappa shape index (κ3) is 4.90. The van der Waals surface area contributed by atoms with Crippen LogP contribution >= 0.6 is 0 Å². The van der Waals surface area contributed by atoms with Gasteiger partial charge in [-0.15, -0.1) is 0 Å². The van der Waals surface area contributed by atoms with Crippen LogP contribution in [0.3, 0.4) is 0 Å². The number of amides is 4. The van der Waals surface area contributed by atoms with E-state index < -0.39 is 12.1 Å². The second-order valence-corrected chi connectivity index (χ2v) is 7.49. The average Bonchev–Trinajstić information content (AvgIpc) is 3.04. The maximum Gasteiger partial charge on any atom is 0.315 e. The lowest BCUT2D eigenvalue weighted by molar-refractivity contribution is -0.138. The summed E-state index contributed by atoms with van der Waals surface area (Å²) >= 11 is 0. The molecule has 30 heavy (non-hydrogen) atoms. The number of rotatable bonds is 5. The minimum absolute atomic E-state index is 0.0133. The Bertz CT molecular complexity index is 950. The minimum Gasteiger partial charge on any atom is -0.459 e. The van der Waals surface area contributed by atoms with Gasteiger partial charge in [0.2, 0.25) is 11.8 Å². The zero-order valence-corrected chi connectivity index (χ0v) is 17.5. The van der Waals surface area contributed by atoms with E-state index in [0.717, 1.165) is 5.56 Å². The van der Waals surface area contributed by atoms with E-state index in [1.807, 2.05) is 6.92 Å². The van der Waals surface area contributed by atoms with Crippen LogP contribution in [0.1, 0.15) is 37.6 Å². The number of piperazine rings is 1. The smallest absolute Gasteiger partial charge is 0.315 e. The molecule has 0 saturated carbocycles. The van der Waals surface area contributed by atoms with Crippen LogP contribution < -0.4 is 10.6 Å². The van der Waals surface area contributed by atoms with Crippen molar-refractivity contribution in [1.29, 1.82) is 0 Å². The molecule has 1 fully saturated rings. The van der Waals surface area contributed by atoms with Crippen LogP contribution in [0.25, 0.3) is 11.0 Å². The molecule has 3 rings (SSSR count). The predicted molar refractivity (Wildman–Crippen MR) is 109 cm³/mol. The SMILES string of the molecule is CC(=O)N1CCN(C(=O)CCNC(=O)NC(C)c2oc3ccc(F)cc3c2C)CC1. The van der Waals surface area contributed by atoms with E-state index in [-0.39, 0.29) is 30.6 Å². The van der Waals surface area contributed by atoms with Gasteiger partial charge in [0.25, 0.3) is 0 Å². The molecule has 8 nitrogen and oxygen atoms in total. The fourth-order valence-corrected chi connectivity index (χ4v) is 3.65. The van der Waals surface area contributed by atoms with E-state index in [4.69, 9.17) is 4.42 Å². The molecule has 0 bridgehead atoms. The number of carbonyl (C=O) groups excluding carboxylic acids is 3. The first-order valence-corrected chi connectivity index (χ1v) is 10.0. The highest BCUT2D eigenvalue weighted by atomic mass is 19.1. The number of hydrogen-bond donors (Lipinski definition) is 2. The number of hydrogen-bond acceptors (Lipinski definition) is 4. The number of nitrogens with one attached hydrogen (secondary N) is 2. The summed E-state index contributed by atoms with van der Waals surface area (Å²) in [4.78, 5) is 39.2. The molecule has 0 aliphatic carbocycles. The standard InChI is InChI=1S/C21H27FN4O4/c1-13-17-12-16(22)4-5-18(17)30-20(13)14(2)24-21(29)23-7-6-19(28)26-10-8-25(9-11-26)15(3)27/h4-5,12,14H,6-11H2,1-3H3,(H2,23,24,29). The zero-order chi connectivity index (χ0) is 21.8. The molecule has 1 atom stereocenters. The Morgan fingerprint density at radius 3 is 2.50 bits per heavy atom. The van der Waals surface area contributed by atoms with Crippen molar-refractivity contribution in [2.45, 2.75) is 33.2 Å². The minimum atomic E-state index is -0.421. The van der Waals surface area contributed by atoms with Crippen LogP contribution in [0.2, 0.25) is 0 Å². The quantitative estimate of drug-likeness (QED) is 0.779. The highest BCUT2D eigenvalue weighted by molar-refractivity contribution is 5.83. The Balaban J connectivity index is 1.45. The molecule has 0 spiro atoms. The Morgan fingerprint density at radius 1 is 1.17 bits per heavy atom. The molecular weight excluding hydrogens is 391 g/mol. The van der Waals surface area contributed by atoms with Gasteiger partial charge in [0.15, 0.2) is 0 Å². The molecule has 9 heteroatoms. The normalized spacial score (nSPS) is 15.2. The largest absolute Gasteiger partial charge is 0.459 e. The van der Waals surface area contributed by atoms with E-state index in [0.29, 0.717) is 42.9 Å². The summed E-state index contributed by atoms with van der Waals surface area (Å²) in [5, 5.41) is 6.13. The van der Waals surface area contributed by atoms with Crippen molar-refractivity contribution >= 4 is 28.8 Å². The summed E-state index contributed by atoms with van der Waals surface area (Å²) in [5.74, 6) is 0.176. The third-order valence-corrected chi connectivity index (χ3v) is 5.38. The lowest BCUT2D eigenvalue weighted by Gasteiger charge is -2.34. The zero-order valence-electron chi connectivity index (χ0n) is 17.5. The van der Waals surface area contributed by atoms with Gasteiger partial charge in [0.05, 0.1) is 6.04 Å². The second kappa shape index (κ2) is 9.15.